The lowest BCUT2D eigenvalue weighted by molar-refractivity contribution is 0.299. The molecule has 0 radical (unpaired) electrons. The van der Waals surface area contributed by atoms with Crippen LogP contribution < -0.4 is 10.6 Å². The zero-order valence-electron chi connectivity index (χ0n) is 15.1. The Morgan fingerprint density at radius 1 is 1.07 bits per heavy atom. The van der Waals surface area contributed by atoms with Crippen molar-refractivity contribution in [1.29, 1.82) is 0 Å². The molecule has 1 aliphatic rings. The molecule has 1 aliphatic heterocycles. The third-order valence-electron chi connectivity index (χ3n) is 4.75. The van der Waals surface area contributed by atoms with Gasteiger partial charge in [-0.05, 0) is 36.4 Å². The number of thiazole rings is 1. The highest BCUT2D eigenvalue weighted by Gasteiger charge is 2.28. The van der Waals surface area contributed by atoms with Gasteiger partial charge in [0.25, 0.3) is 0 Å². The van der Waals surface area contributed by atoms with Crippen molar-refractivity contribution in [2.75, 3.05) is 18.5 Å². The number of aromatic nitrogens is 2. The molecule has 0 unspecified atom stereocenters. The molecule has 0 bridgehead atoms. The molecule has 0 atom stereocenters. The molecule has 3 heterocycles. The first-order valence-corrected chi connectivity index (χ1v) is 11.3. The summed E-state index contributed by atoms with van der Waals surface area (Å²) >= 11 is 1.58. The number of fused-ring (bicyclic) bond motifs is 3. The number of hydrogen-bond donors (Lipinski definition) is 3. The highest BCUT2D eigenvalue weighted by Crippen LogP contribution is 2.37. The fourth-order valence-electron chi connectivity index (χ4n) is 3.43. The van der Waals surface area contributed by atoms with Gasteiger partial charge in [-0.25, -0.2) is 13.4 Å². The summed E-state index contributed by atoms with van der Waals surface area (Å²) in [4.78, 5) is 8.99. The van der Waals surface area contributed by atoms with Crippen LogP contribution in [-0.2, 0) is 9.84 Å². The molecule has 0 fully saturated rings. The summed E-state index contributed by atoms with van der Waals surface area (Å²) in [5.41, 5.74) is 6.06. The average Bonchev–Trinajstić information content (AvgIpc) is 3.27. The van der Waals surface area contributed by atoms with Crippen LogP contribution in [-0.4, -0.2) is 36.6 Å². The number of hydrogen-bond acceptors (Lipinski definition) is 8. The Balaban J connectivity index is 1.60. The van der Waals surface area contributed by atoms with Crippen molar-refractivity contribution in [1.82, 2.24) is 15.3 Å². The summed E-state index contributed by atoms with van der Waals surface area (Å²) < 4.78 is 26.4. The average molecular weight is 425 g/mol. The minimum Gasteiger partial charge on any atom is -0.395 e. The van der Waals surface area contributed by atoms with E-state index in [1.807, 2.05) is 24.3 Å². The molecule has 3 N–H and O–H groups in total. The molecule has 146 valence electrons. The lowest BCUT2D eigenvalue weighted by Crippen LogP contribution is -2.15. The zero-order valence-corrected chi connectivity index (χ0v) is 16.7. The molecule has 2 aromatic carbocycles. The van der Waals surface area contributed by atoms with Gasteiger partial charge in [-0.15, -0.1) is 11.3 Å². The molecule has 9 heteroatoms. The number of sulfone groups is 1. The van der Waals surface area contributed by atoms with E-state index in [9.17, 15) is 8.42 Å². The first-order chi connectivity index (χ1) is 14.0. The van der Waals surface area contributed by atoms with E-state index in [0.717, 1.165) is 21.6 Å². The second kappa shape index (κ2) is 6.80. The second-order valence-electron chi connectivity index (χ2n) is 6.61. The summed E-state index contributed by atoms with van der Waals surface area (Å²) in [7, 11) is -3.56. The predicted octanol–water partition coefficient (Wildman–Crippen LogP) is 3.26. The van der Waals surface area contributed by atoms with Crippen molar-refractivity contribution in [2.45, 2.75) is 4.90 Å². The summed E-state index contributed by atoms with van der Waals surface area (Å²) in [6, 6.07) is 11.2. The summed E-state index contributed by atoms with van der Waals surface area (Å²) in [6.07, 6.45) is 1.69. The van der Waals surface area contributed by atoms with Crippen molar-refractivity contribution < 1.29 is 13.5 Å². The number of aliphatic hydroxyl groups excluding tert-OH is 1. The molecule has 0 saturated heterocycles. The lowest BCUT2D eigenvalue weighted by Gasteiger charge is -2.12. The lowest BCUT2D eigenvalue weighted by atomic mass is 10.1. The van der Waals surface area contributed by atoms with E-state index in [2.05, 4.69) is 20.6 Å². The highest BCUT2D eigenvalue weighted by atomic mass is 32.2. The zero-order chi connectivity index (χ0) is 20.0. The largest absolute Gasteiger partial charge is 0.395 e. The van der Waals surface area contributed by atoms with Crippen LogP contribution >= 0.6 is 11.3 Å². The van der Waals surface area contributed by atoms with Crippen LogP contribution in [0.1, 0.15) is 5.56 Å². The maximum absolute atomic E-state index is 12.6. The van der Waals surface area contributed by atoms with Gasteiger partial charge < -0.3 is 15.7 Å². The monoisotopic (exact) mass is 424 g/mol. The van der Waals surface area contributed by atoms with Crippen LogP contribution in [0, 0.1) is 0 Å². The number of pyridine rings is 1. The molecule has 0 spiro atoms. The summed E-state index contributed by atoms with van der Waals surface area (Å²) in [5, 5.41) is 17.3. The van der Waals surface area contributed by atoms with Crippen molar-refractivity contribution in [3.8, 4) is 0 Å². The predicted molar refractivity (Wildman–Crippen MR) is 115 cm³/mol. The standard InChI is InChI=1S/C20H16N4O3S2/c25-6-5-22-18-10-29(26,27)20-9-13-15(3-4-21-16(13)8-14(18)20)24-12-1-2-19-17(7-12)23-11-28-19/h1-4,7-11,22,25H,5-6H2,(H,21,24). The van der Waals surface area contributed by atoms with Crippen LogP contribution in [0.25, 0.3) is 26.8 Å². The Morgan fingerprint density at radius 3 is 2.83 bits per heavy atom. The van der Waals surface area contributed by atoms with Crippen molar-refractivity contribution >= 4 is 59.4 Å². The molecule has 0 amide bonds. The number of nitrogens with zero attached hydrogens (tertiary/aromatic N) is 2. The van der Waals surface area contributed by atoms with Crippen molar-refractivity contribution in [2.24, 2.45) is 0 Å². The maximum Gasteiger partial charge on any atom is 0.202 e. The van der Waals surface area contributed by atoms with E-state index in [1.165, 1.54) is 5.41 Å². The van der Waals surface area contributed by atoms with Crippen LogP contribution in [0.5, 0.6) is 0 Å². The Hall–Kier alpha value is -3.01. The van der Waals surface area contributed by atoms with Gasteiger partial charge in [0.05, 0.1) is 43.9 Å². The minimum absolute atomic E-state index is 0.0874. The van der Waals surface area contributed by atoms with E-state index in [0.29, 0.717) is 22.2 Å². The number of rotatable bonds is 5. The third kappa shape index (κ3) is 3.13. The number of anilines is 2. The fraction of sp³-hybridized carbons (Fsp3) is 0.100. The van der Waals surface area contributed by atoms with Crippen LogP contribution in [0.3, 0.4) is 0 Å². The van der Waals surface area contributed by atoms with Crippen LogP contribution in [0.2, 0.25) is 0 Å². The van der Waals surface area contributed by atoms with E-state index in [4.69, 9.17) is 5.11 Å². The maximum atomic E-state index is 12.6. The Labute approximate surface area is 170 Å². The Bertz CT molecular complexity index is 1390. The number of benzene rings is 2. The van der Waals surface area contributed by atoms with Gasteiger partial charge in [-0.3, -0.25) is 4.98 Å². The van der Waals surface area contributed by atoms with Crippen molar-refractivity contribution in [3.05, 3.63) is 59.1 Å². The molecule has 0 saturated carbocycles. The molecular formula is C20H16N4O3S2. The Morgan fingerprint density at radius 2 is 1.97 bits per heavy atom. The molecule has 4 aromatic rings. The SMILES string of the molecule is O=S1(=O)C=C(NCCO)c2cc3nccc(Nc4ccc5scnc5c4)c3cc21. The highest BCUT2D eigenvalue weighted by molar-refractivity contribution is 7.95. The molecule has 0 aliphatic carbocycles. The second-order valence-corrected chi connectivity index (χ2v) is 9.26. The van der Waals surface area contributed by atoms with E-state index in [-0.39, 0.29) is 18.0 Å². The summed E-state index contributed by atoms with van der Waals surface area (Å²) in [5.74, 6) is 0. The number of nitrogens with one attached hydrogen (secondary N) is 2. The van der Waals surface area contributed by atoms with Gasteiger partial charge >= 0.3 is 0 Å². The fourth-order valence-corrected chi connectivity index (χ4v) is 5.49. The first-order valence-electron chi connectivity index (χ1n) is 8.90. The Kier molecular flexibility index (Phi) is 4.23. The third-order valence-corrected chi connectivity index (χ3v) is 7.06. The topological polar surface area (TPSA) is 104 Å². The van der Waals surface area contributed by atoms with Gasteiger partial charge in [0.15, 0.2) is 0 Å². The van der Waals surface area contributed by atoms with Gasteiger partial charge in [0.2, 0.25) is 9.84 Å². The molecule has 5 rings (SSSR count). The van der Waals surface area contributed by atoms with Gasteiger partial charge in [0.1, 0.15) is 0 Å². The van der Waals surface area contributed by atoms with E-state index < -0.39 is 9.84 Å². The van der Waals surface area contributed by atoms with Crippen LogP contribution in [0.15, 0.2) is 58.4 Å². The van der Waals surface area contributed by atoms with Gasteiger partial charge in [-0.1, -0.05) is 0 Å². The first kappa shape index (κ1) is 18.0. The van der Waals surface area contributed by atoms with Crippen molar-refractivity contribution in [3.63, 3.8) is 0 Å². The molecule has 29 heavy (non-hydrogen) atoms. The molecular weight excluding hydrogens is 408 g/mol. The van der Waals surface area contributed by atoms with Crippen LogP contribution in [0.4, 0.5) is 11.4 Å². The van der Waals surface area contributed by atoms with Gasteiger partial charge in [0, 0.05) is 35.1 Å². The van der Waals surface area contributed by atoms with E-state index in [1.54, 1.807) is 35.2 Å². The smallest absolute Gasteiger partial charge is 0.202 e. The minimum atomic E-state index is -3.56. The number of aliphatic hydroxyl groups is 1. The summed E-state index contributed by atoms with van der Waals surface area (Å²) in [6.45, 7) is 0.183. The molecule has 2 aromatic heterocycles. The molecule has 7 nitrogen and oxygen atoms in total. The van der Waals surface area contributed by atoms with E-state index >= 15 is 0 Å². The van der Waals surface area contributed by atoms with Gasteiger partial charge in [-0.2, -0.15) is 0 Å². The normalized spacial score (nSPS) is 14.7. The quantitative estimate of drug-likeness (QED) is 0.452.